The number of esters is 1. The molecule has 1 amide bonds. The number of nitrogens with one attached hydrogen (secondary N) is 2. The van der Waals surface area contributed by atoms with Crippen molar-refractivity contribution < 1.29 is 23.9 Å². The number of carbonyl (C=O) groups is 3. The fourth-order valence-electron chi connectivity index (χ4n) is 2.47. The number of alkyl carbamates (subject to hydrolysis) is 1. The van der Waals surface area contributed by atoms with Crippen molar-refractivity contribution in [3.05, 3.63) is 35.9 Å². The molecule has 3 atom stereocenters. The first-order valence-electron chi connectivity index (χ1n) is 8.95. The number of hydrogen-bond acceptors (Lipinski definition) is 6. The highest BCUT2D eigenvalue weighted by atomic mass is 16.6. The second-order valence-corrected chi connectivity index (χ2v) is 7.41. The molecule has 0 radical (unpaired) electrons. The van der Waals surface area contributed by atoms with E-state index in [1.54, 1.807) is 34.7 Å². The van der Waals surface area contributed by atoms with Gasteiger partial charge < -0.3 is 20.1 Å². The van der Waals surface area contributed by atoms with Crippen LogP contribution in [0.3, 0.4) is 0 Å². The zero-order valence-corrected chi connectivity index (χ0v) is 16.9. The Kier molecular flexibility index (Phi) is 8.43. The summed E-state index contributed by atoms with van der Waals surface area (Å²) in [5.74, 6) is -0.823. The third kappa shape index (κ3) is 8.21. The lowest BCUT2D eigenvalue weighted by atomic mass is 10.1. The molecule has 2 N–H and O–H groups in total. The van der Waals surface area contributed by atoms with E-state index in [-0.39, 0.29) is 5.78 Å². The number of ether oxygens (including phenoxy) is 2. The highest BCUT2D eigenvalue weighted by Gasteiger charge is 2.30. The second kappa shape index (κ2) is 10.1. The van der Waals surface area contributed by atoms with Crippen molar-refractivity contribution in [2.45, 2.75) is 64.8 Å². The minimum absolute atomic E-state index is 0.328. The van der Waals surface area contributed by atoms with Crippen LogP contribution in [-0.2, 0) is 25.5 Å². The molecule has 7 nitrogen and oxygen atoms in total. The maximum atomic E-state index is 12.5. The standard InChI is InChI=1S/C20H30N2O5/c1-13(23)17(22-19(25)27-20(3,4)5)14(2)26-18(24)16(21-6)12-15-10-8-7-9-11-15/h7-11,14,16-17,21H,12H2,1-6H3,(H,22,25)/t14-,16+,17-/m1/s1. The lowest BCUT2D eigenvalue weighted by Gasteiger charge is -2.27. The molecule has 27 heavy (non-hydrogen) atoms. The Morgan fingerprint density at radius 3 is 2.19 bits per heavy atom. The van der Waals surface area contributed by atoms with Crippen LogP contribution in [0.15, 0.2) is 30.3 Å². The number of benzene rings is 1. The molecule has 0 bridgehead atoms. The van der Waals surface area contributed by atoms with Gasteiger partial charge in [0, 0.05) is 0 Å². The Morgan fingerprint density at radius 2 is 1.70 bits per heavy atom. The minimum atomic E-state index is -0.988. The van der Waals surface area contributed by atoms with Crippen LogP contribution in [0.1, 0.15) is 40.2 Å². The third-order valence-corrected chi connectivity index (χ3v) is 3.80. The second-order valence-electron chi connectivity index (χ2n) is 7.41. The normalized spacial score (nSPS) is 14.6. The van der Waals surface area contributed by atoms with E-state index in [4.69, 9.17) is 9.47 Å². The lowest BCUT2D eigenvalue weighted by molar-refractivity contribution is -0.153. The number of ketones is 1. The van der Waals surface area contributed by atoms with Crippen LogP contribution in [0.25, 0.3) is 0 Å². The molecule has 7 heteroatoms. The van der Waals surface area contributed by atoms with Crippen molar-refractivity contribution in [2.75, 3.05) is 7.05 Å². The first-order valence-corrected chi connectivity index (χ1v) is 8.95. The van der Waals surface area contributed by atoms with Gasteiger partial charge in [0.25, 0.3) is 0 Å². The van der Waals surface area contributed by atoms with Crippen LogP contribution < -0.4 is 10.6 Å². The molecular weight excluding hydrogens is 348 g/mol. The van der Waals surface area contributed by atoms with E-state index in [1.807, 2.05) is 30.3 Å². The number of rotatable bonds is 8. The first kappa shape index (κ1) is 22.6. The fourth-order valence-corrected chi connectivity index (χ4v) is 2.47. The van der Waals surface area contributed by atoms with Gasteiger partial charge in [0.1, 0.15) is 23.8 Å². The molecule has 0 unspecified atom stereocenters. The Bertz CT molecular complexity index is 640. The molecule has 1 rings (SSSR count). The monoisotopic (exact) mass is 378 g/mol. The van der Waals surface area contributed by atoms with Crippen molar-refractivity contribution >= 4 is 17.8 Å². The summed E-state index contributed by atoms with van der Waals surface area (Å²) in [5, 5.41) is 5.40. The van der Waals surface area contributed by atoms with E-state index in [9.17, 15) is 14.4 Å². The average Bonchev–Trinajstić information content (AvgIpc) is 2.56. The molecule has 150 valence electrons. The summed E-state index contributed by atoms with van der Waals surface area (Å²) in [4.78, 5) is 36.4. The highest BCUT2D eigenvalue weighted by molar-refractivity contribution is 5.86. The van der Waals surface area contributed by atoms with Crippen molar-refractivity contribution in [3.8, 4) is 0 Å². The zero-order chi connectivity index (χ0) is 20.6. The van der Waals surface area contributed by atoms with Crippen LogP contribution in [0, 0.1) is 0 Å². The number of likely N-dealkylation sites (N-methyl/N-ethyl adjacent to an activating group) is 1. The fraction of sp³-hybridized carbons (Fsp3) is 0.550. The molecule has 0 aliphatic rings. The summed E-state index contributed by atoms with van der Waals surface area (Å²) < 4.78 is 10.6. The summed E-state index contributed by atoms with van der Waals surface area (Å²) >= 11 is 0. The van der Waals surface area contributed by atoms with E-state index in [0.29, 0.717) is 6.42 Å². The molecule has 0 saturated carbocycles. The van der Waals surface area contributed by atoms with Gasteiger partial charge in [0.15, 0.2) is 5.78 Å². The Labute approximate surface area is 160 Å². The van der Waals surface area contributed by atoms with Gasteiger partial charge in [-0.15, -0.1) is 0 Å². The quantitative estimate of drug-likeness (QED) is 0.674. The van der Waals surface area contributed by atoms with Crippen molar-refractivity contribution in [2.24, 2.45) is 0 Å². The maximum Gasteiger partial charge on any atom is 0.408 e. The van der Waals surface area contributed by atoms with Crippen molar-refractivity contribution in [1.82, 2.24) is 10.6 Å². The van der Waals surface area contributed by atoms with E-state index in [2.05, 4.69) is 10.6 Å². The van der Waals surface area contributed by atoms with E-state index >= 15 is 0 Å². The van der Waals surface area contributed by atoms with Gasteiger partial charge in [-0.25, -0.2) is 4.79 Å². The van der Waals surface area contributed by atoms with Gasteiger partial charge in [-0.3, -0.25) is 9.59 Å². The van der Waals surface area contributed by atoms with Gasteiger partial charge >= 0.3 is 12.1 Å². The topological polar surface area (TPSA) is 93.7 Å². The smallest absolute Gasteiger partial charge is 0.408 e. The lowest BCUT2D eigenvalue weighted by Crippen LogP contribution is -2.51. The molecule has 0 spiro atoms. The third-order valence-electron chi connectivity index (χ3n) is 3.80. The molecule has 0 fully saturated rings. The van der Waals surface area contributed by atoms with Crippen LogP contribution >= 0.6 is 0 Å². The summed E-state index contributed by atoms with van der Waals surface area (Å²) in [6.07, 6.45) is -1.12. The highest BCUT2D eigenvalue weighted by Crippen LogP contribution is 2.10. The number of Topliss-reactive ketones (excluding diaryl/α,β-unsaturated/α-hetero) is 1. The van der Waals surface area contributed by atoms with Gasteiger partial charge in [0.05, 0.1) is 0 Å². The first-order chi connectivity index (χ1) is 12.5. The molecule has 0 heterocycles. The molecule has 0 saturated heterocycles. The Hall–Kier alpha value is -2.41. The van der Waals surface area contributed by atoms with E-state index in [1.165, 1.54) is 6.92 Å². The summed E-state index contributed by atoms with van der Waals surface area (Å²) in [5.41, 5.74) is 0.287. The van der Waals surface area contributed by atoms with E-state index < -0.39 is 35.9 Å². The van der Waals surface area contributed by atoms with Gasteiger partial charge in [0.2, 0.25) is 0 Å². The van der Waals surface area contributed by atoms with Crippen molar-refractivity contribution in [1.29, 1.82) is 0 Å². The zero-order valence-electron chi connectivity index (χ0n) is 16.9. The molecule has 0 aromatic heterocycles. The van der Waals surface area contributed by atoms with Crippen LogP contribution in [0.4, 0.5) is 4.79 Å². The number of amides is 1. The number of carbonyl (C=O) groups excluding carboxylic acids is 3. The molecule has 1 aromatic rings. The molecule has 0 aliphatic heterocycles. The average molecular weight is 378 g/mol. The Balaban J connectivity index is 2.72. The van der Waals surface area contributed by atoms with Crippen LogP contribution in [-0.4, -0.2) is 48.7 Å². The number of hydrogen-bond donors (Lipinski definition) is 2. The predicted molar refractivity (Wildman–Crippen MR) is 102 cm³/mol. The van der Waals surface area contributed by atoms with Gasteiger partial charge in [-0.2, -0.15) is 0 Å². The molecule has 0 aliphatic carbocycles. The van der Waals surface area contributed by atoms with E-state index in [0.717, 1.165) is 5.56 Å². The van der Waals surface area contributed by atoms with Gasteiger partial charge in [-0.1, -0.05) is 30.3 Å². The van der Waals surface area contributed by atoms with Crippen LogP contribution in [0.5, 0.6) is 0 Å². The minimum Gasteiger partial charge on any atom is -0.459 e. The molecule has 1 aromatic carbocycles. The summed E-state index contributed by atoms with van der Waals surface area (Å²) in [6, 6.07) is 7.98. The SMILES string of the molecule is CN[C@@H](Cc1ccccc1)C(=O)O[C@H](C)[C@H](NC(=O)OC(C)(C)C)C(C)=O. The largest absolute Gasteiger partial charge is 0.459 e. The van der Waals surface area contributed by atoms with Crippen LogP contribution in [0.2, 0.25) is 0 Å². The molecular formula is C20H30N2O5. The maximum absolute atomic E-state index is 12.5. The van der Waals surface area contributed by atoms with Gasteiger partial charge in [-0.05, 0) is 53.7 Å². The summed E-state index contributed by atoms with van der Waals surface area (Å²) in [6.45, 7) is 8.06. The Morgan fingerprint density at radius 1 is 1.11 bits per heavy atom. The predicted octanol–water partition coefficient (Wildman–Crippen LogP) is 2.23. The summed E-state index contributed by atoms with van der Waals surface area (Å²) in [7, 11) is 1.67. The van der Waals surface area contributed by atoms with Crippen molar-refractivity contribution in [3.63, 3.8) is 0 Å².